The lowest BCUT2D eigenvalue weighted by atomic mass is 10.2. The average Bonchev–Trinajstić information content (AvgIpc) is 2.84. The van der Waals surface area contributed by atoms with Crippen LogP contribution >= 0.6 is 24.0 Å². The number of thioether (sulfide) groups is 1. The second-order valence-corrected chi connectivity index (χ2v) is 5.67. The first-order valence-electron chi connectivity index (χ1n) is 6.02. The van der Waals surface area contributed by atoms with E-state index in [4.69, 9.17) is 17.0 Å². The van der Waals surface area contributed by atoms with Crippen molar-refractivity contribution >= 4 is 40.1 Å². The molecular formula is C13H14N2O3S2. The molecule has 5 nitrogen and oxygen atoms in total. The van der Waals surface area contributed by atoms with Crippen LogP contribution in [0.1, 0.15) is 16.8 Å². The van der Waals surface area contributed by atoms with Gasteiger partial charge in [-0.15, -0.1) is 0 Å². The number of thiocarbonyl (C=S) groups is 1. The minimum absolute atomic E-state index is 0.0612. The molecule has 1 aromatic rings. The first kappa shape index (κ1) is 14.8. The highest BCUT2D eigenvalue weighted by Gasteiger charge is 2.26. The van der Waals surface area contributed by atoms with E-state index in [9.17, 15) is 9.59 Å². The molecule has 0 aromatic heterocycles. The number of carbonyl (C=O) groups excluding carboxylic acids is 2. The molecule has 1 aliphatic heterocycles. The van der Waals surface area contributed by atoms with Crippen molar-refractivity contribution in [3.05, 3.63) is 29.8 Å². The predicted octanol–water partition coefficient (Wildman–Crippen LogP) is 1.33. The lowest BCUT2D eigenvalue weighted by Gasteiger charge is -2.13. The number of methoxy groups -OCH3 is 1. The number of ether oxygens (including phenoxy) is 1. The summed E-state index contributed by atoms with van der Waals surface area (Å²) >= 11 is 6.32. The molecular weight excluding hydrogens is 296 g/mol. The van der Waals surface area contributed by atoms with E-state index in [1.165, 1.54) is 11.8 Å². The summed E-state index contributed by atoms with van der Waals surface area (Å²) in [6, 6.07) is 6.38. The Hall–Kier alpha value is -1.60. The van der Waals surface area contributed by atoms with Crippen molar-refractivity contribution in [1.82, 2.24) is 10.6 Å². The van der Waals surface area contributed by atoms with Crippen molar-refractivity contribution in [3.63, 3.8) is 0 Å². The minimum atomic E-state index is -0.316. The maximum Gasteiger partial charge on any atom is 0.257 e. The number of carbonyl (C=O) groups is 2. The second kappa shape index (κ2) is 6.71. The Labute approximate surface area is 126 Å². The van der Waals surface area contributed by atoms with Crippen molar-refractivity contribution in [2.75, 3.05) is 12.9 Å². The third kappa shape index (κ3) is 3.71. The number of hydrogen-bond donors (Lipinski definition) is 2. The van der Waals surface area contributed by atoms with E-state index < -0.39 is 0 Å². The van der Waals surface area contributed by atoms with Gasteiger partial charge in [0.05, 0.1) is 13.2 Å². The molecule has 1 saturated heterocycles. The fraction of sp³-hybridized carbons (Fsp3) is 0.308. The molecule has 1 aliphatic rings. The molecule has 1 atom stereocenters. The number of benzene rings is 1. The fourth-order valence-corrected chi connectivity index (χ4v) is 2.91. The zero-order valence-corrected chi connectivity index (χ0v) is 12.5. The molecule has 0 bridgehead atoms. The van der Waals surface area contributed by atoms with Crippen LogP contribution in [0.15, 0.2) is 24.3 Å². The largest absolute Gasteiger partial charge is 0.497 e. The van der Waals surface area contributed by atoms with Crippen molar-refractivity contribution in [3.8, 4) is 5.75 Å². The normalized spacial score (nSPS) is 17.6. The molecule has 1 heterocycles. The Kier molecular flexibility index (Phi) is 4.97. The molecule has 7 heteroatoms. The quantitative estimate of drug-likeness (QED) is 0.821. The smallest absolute Gasteiger partial charge is 0.257 e. The highest BCUT2D eigenvalue weighted by molar-refractivity contribution is 8.14. The summed E-state index contributed by atoms with van der Waals surface area (Å²) in [4.78, 5) is 23.4. The fourth-order valence-electron chi connectivity index (χ4n) is 1.74. The second-order valence-electron chi connectivity index (χ2n) is 4.16. The molecule has 0 radical (unpaired) electrons. The molecule has 0 aliphatic carbocycles. The maximum absolute atomic E-state index is 11.9. The Balaban J connectivity index is 1.89. The van der Waals surface area contributed by atoms with E-state index >= 15 is 0 Å². The van der Waals surface area contributed by atoms with Gasteiger partial charge in [0, 0.05) is 11.3 Å². The van der Waals surface area contributed by atoms with Crippen LogP contribution in [0.4, 0.5) is 0 Å². The van der Waals surface area contributed by atoms with Crippen LogP contribution in [0.25, 0.3) is 0 Å². The Morgan fingerprint density at radius 2 is 2.10 bits per heavy atom. The molecule has 0 spiro atoms. The van der Waals surface area contributed by atoms with Gasteiger partial charge < -0.3 is 10.1 Å². The van der Waals surface area contributed by atoms with E-state index in [1.54, 1.807) is 31.4 Å². The predicted molar refractivity (Wildman–Crippen MR) is 82.1 cm³/mol. The zero-order chi connectivity index (χ0) is 14.5. The highest BCUT2D eigenvalue weighted by atomic mass is 32.2. The standard InChI is InChI=1S/C13H14N2O3S2/c1-18-9-4-2-8(3-5-9)11(16)15-13(19)14-10-6-7-20-12(10)17/h2-5,10H,6-7H2,1H3,(H2,14,15,16,19)/t10-/m1/s1. The number of nitrogens with one attached hydrogen (secondary N) is 2. The van der Waals surface area contributed by atoms with E-state index in [2.05, 4.69) is 10.6 Å². The Morgan fingerprint density at radius 1 is 1.40 bits per heavy atom. The molecule has 20 heavy (non-hydrogen) atoms. The van der Waals surface area contributed by atoms with Gasteiger partial charge in [-0.2, -0.15) is 0 Å². The summed E-state index contributed by atoms with van der Waals surface area (Å²) in [5.41, 5.74) is 0.474. The topological polar surface area (TPSA) is 67.4 Å². The van der Waals surface area contributed by atoms with E-state index in [-0.39, 0.29) is 22.2 Å². The van der Waals surface area contributed by atoms with Gasteiger partial charge in [-0.3, -0.25) is 14.9 Å². The zero-order valence-electron chi connectivity index (χ0n) is 10.8. The van der Waals surface area contributed by atoms with Crippen LogP contribution < -0.4 is 15.4 Å². The van der Waals surface area contributed by atoms with Crippen LogP contribution in [-0.2, 0) is 4.79 Å². The third-order valence-corrected chi connectivity index (χ3v) is 4.05. The van der Waals surface area contributed by atoms with Crippen LogP contribution in [0.3, 0.4) is 0 Å². The highest BCUT2D eigenvalue weighted by Crippen LogP contribution is 2.19. The summed E-state index contributed by atoms with van der Waals surface area (Å²) in [5, 5.41) is 5.65. The summed E-state index contributed by atoms with van der Waals surface area (Å²) in [6.45, 7) is 0. The Morgan fingerprint density at radius 3 is 2.65 bits per heavy atom. The summed E-state index contributed by atoms with van der Waals surface area (Å²) in [7, 11) is 1.56. The molecule has 2 rings (SSSR count). The van der Waals surface area contributed by atoms with Crippen molar-refractivity contribution in [1.29, 1.82) is 0 Å². The van der Waals surface area contributed by atoms with Gasteiger partial charge in [0.1, 0.15) is 5.75 Å². The molecule has 106 valence electrons. The van der Waals surface area contributed by atoms with Gasteiger partial charge in [0.25, 0.3) is 5.91 Å². The van der Waals surface area contributed by atoms with E-state index in [1.807, 2.05) is 0 Å². The number of rotatable bonds is 3. The Bertz CT molecular complexity index is 531. The van der Waals surface area contributed by atoms with Crippen LogP contribution in [0, 0.1) is 0 Å². The summed E-state index contributed by atoms with van der Waals surface area (Å²) in [6.07, 6.45) is 0.724. The van der Waals surface area contributed by atoms with Gasteiger partial charge in [-0.1, -0.05) is 11.8 Å². The first-order valence-corrected chi connectivity index (χ1v) is 7.42. The monoisotopic (exact) mass is 310 g/mol. The van der Waals surface area contributed by atoms with Gasteiger partial charge in [-0.25, -0.2) is 0 Å². The molecule has 1 fully saturated rings. The van der Waals surface area contributed by atoms with Gasteiger partial charge in [0.15, 0.2) is 5.11 Å². The summed E-state index contributed by atoms with van der Waals surface area (Å²) in [5.74, 6) is 1.14. The van der Waals surface area contributed by atoms with Gasteiger partial charge in [-0.05, 0) is 42.9 Å². The first-order chi connectivity index (χ1) is 9.60. The van der Waals surface area contributed by atoms with Crippen LogP contribution in [-0.4, -0.2) is 35.0 Å². The molecule has 2 N–H and O–H groups in total. The SMILES string of the molecule is COc1ccc(C(=O)NC(=S)N[C@@H]2CCSC2=O)cc1. The van der Waals surface area contributed by atoms with Crippen molar-refractivity contribution in [2.45, 2.75) is 12.5 Å². The minimum Gasteiger partial charge on any atom is -0.497 e. The molecule has 1 amide bonds. The lowest BCUT2D eigenvalue weighted by Crippen LogP contribution is -2.45. The van der Waals surface area contributed by atoms with Crippen LogP contribution in [0.5, 0.6) is 5.75 Å². The maximum atomic E-state index is 11.9. The van der Waals surface area contributed by atoms with E-state index in [0.29, 0.717) is 11.3 Å². The average molecular weight is 310 g/mol. The third-order valence-electron chi connectivity index (χ3n) is 2.82. The van der Waals surface area contributed by atoms with Crippen molar-refractivity contribution in [2.24, 2.45) is 0 Å². The molecule has 0 unspecified atom stereocenters. The van der Waals surface area contributed by atoms with Crippen LogP contribution in [0.2, 0.25) is 0 Å². The lowest BCUT2D eigenvalue weighted by molar-refractivity contribution is -0.111. The van der Waals surface area contributed by atoms with Gasteiger partial charge >= 0.3 is 0 Å². The van der Waals surface area contributed by atoms with Gasteiger partial charge in [0.2, 0.25) is 5.12 Å². The number of hydrogen-bond acceptors (Lipinski definition) is 5. The van der Waals surface area contributed by atoms with Crippen molar-refractivity contribution < 1.29 is 14.3 Å². The molecule has 1 aromatic carbocycles. The van der Waals surface area contributed by atoms with E-state index in [0.717, 1.165) is 12.2 Å². The number of amides is 1. The summed E-state index contributed by atoms with van der Waals surface area (Å²) < 4.78 is 5.02. The molecule has 0 saturated carbocycles.